The maximum Gasteiger partial charge on any atom is 0.212 e. The van der Waals surface area contributed by atoms with Crippen molar-refractivity contribution >= 4 is 5.96 Å². The van der Waals surface area contributed by atoms with Crippen molar-refractivity contribution in [2.45, 2.75) is 45.8 Å². The summed E-state index contributed by atoms with van der Waals surface area (Å²) in [7, 11) is 1.62. The van der Waals surface area contributed by atoms with Crippen LogP contribution in [0.4, 0.5) is 0 Å². The summed E-state index contributed by atoms with van der Waals surface area (Å²) in [6.07, 6.45) is 5.85. The highest BCUT2D eigenvalue weighted by Crippen LogP contribution is 2.13. The Labute approximate surface area is 174 Å². The van der Waals surface area contributed by atoms with Crippen molar-refractivity contribution < 1.29 is 4.74 Å². The normalized spacial score (nSPS) is 15.2. The monoisotopic (exact) mass is 395 g/mol. The number of rotatable bonds is 8. The van der Waals surface area contributed by atoms with Gasteiger partial charge in [-0.25, -0.2) is 9.98 Å². The zero-order chi connectivity index (χ0) is 20.3. The van der Waals surface area contributed by atoms with Crippen LogP contribution < -0.4 is 15.4 Å². The maximum atomic E-state index is 5.10. The first-order valence-corrected chi connectivity index (χ1v) is 10.6. The lowest BCUT2D eigenvalue weighted by Crippen LogP contribution is -2.36. The van der Waals surface area contributed by atoms with Gasteiger partial charge in [-0.1, -0.05) is 36.8 Å². The molecular formula is C23H33N5O. The summed E-state index contributed by atoms with van der Waals surface area (Å²) >= 11 is 0. The van der Waals surface area contributed by atoms with Crippen LogP contribution in [0.2, 0.25) is 0 Å². The molecule has 1 fully saturated rings. The number of nitrogens with zero attached hydrogens (tertiary/aromatic N) is 3. The second-order valence-corrected chi connectivity index (χ2v) is 7.41. The molecule has 6 nitrogen and oxygen atoms in total. The van der Waals surface area contributed by atoms with Crippen molar-refractivity contribution in [3.8, 4) is 5.88 Å². The summed E-state index contributed by atoms with van der Waals surface area (Å²) < 4.78 is 5.10. The number of pyridine rings is 1. The Bertz CT molecular complexity index is 752. The minimum atomic E-state index is 0.571. The third kappa shape index (κ3) is 7.06. The fourth-order valence-corrected chi connectivity index (χ4v) is 3.46. The van der Waals surface area contributed by atoms with Crippen LogP contribution in [-0.4, -0.2) is 42.6 Å². The van der Waals surface area contributed by atoms with Crippen molar-refractivity contribution in [3.05, 3.63) is 59.3 Å². The Balaban J connectivity index is 1.50. The Morgan fingerprint density at radius 3 is 2.38 bits per heavy atom. The number of hydrogen-bond acceptors (Lipinski definition) is 4. The number of aliphatic imine (C=N–C) groups is 1. The zero-order valence-electron chi connectivity index (χ0n) is 17.7. The fourth-order valence-electron chi connectivity index (χ4n) is 3.46. The highest BCUT2D eigenvalue weighted by atomic mass is 16.5. The largest absolute Gasteiger partial charge is 0.481 e. The molecule has 1 aliphatic heterocycles. The molecule has 1 aromatic carbocycles. The molecule has 0 radical (unpaired) electrons. The van der Waals surface area contributed by atoms with Crippen molar-refractivity contribution in [2.75, 3.05) is 26.7 Å². The molecule has 1 aromatic heterocycles. The Hall–Kier alpha value is -2.60. The highest BCUT2D eigenvalue weighted by molar-refractivity contribution is 5.79. The van der Waals surface area contributed by atoms with Gasteiger partial charge in [-0.05, 0) is 49.5 Å². The van der Waals surface area contributed by atoms with Gasteiger partial charge in [0, 0.05) is 31.9 Å². The van der Waals surface area contributed by atoms with Crippen molar-refractivity contribution in [2.24, 2.45) is 4.99 Å². The number of ether oxygens (including phenoxy) is 1. The van der Waals surface area contributed by atoms with Gasteiger partial charge in [0.25, 0.3) is 0 Å². The molecular weight excluding hydrogens is 362 g/mol. The topological polar surface area (TPSA) is 61.8 Å². The second kappa shape index (κ2) is 11.4. The Morgan fingerprint density at radius 2 is 1.72 bits per heavy atom. The quantitative estimate of drug-likeness (QED) is 0.530. The van der Waals surface area contributed by atoms with E-state index in [1.54, 1.807) is 13.3 Å². The van der Waals surface area contributed by atoms with E-state index in [2.05, 4.69) is 56.7 Å². The van der Waals surface area contributed by atoms with Crippen LogP contribution in [0, 0.1) is 0 Å². The van der Waals surface area contributed by atoms with E-state index in [-0.39, 0.29) is 0 Å². The van der Waals surface area contributed by atoms with Crippen LogP contribution in [0.5, 0.6) is 5.88 Å². The van der Waals surface area contributed by atoms with Gasteiger partial charge >= 0.3 is 0 Å². The fraction of sp³-hybridized carbons (Fsp3) is 0.478. The summed E-state index contributed by atoms with van der Waals surface area (Å²) in [6.45, 7) is 7.74. The average Bonchev–Trinajstić information content (AvgIpc) is 2.78. The van der Waals surface area contributed by atoms with Crippen LogP contribution in [0.3, 0.4) is 0 Å². The third-order valence-electron chi connectivity index (χ3n) is 5.11. The standard InChI is InChI=1S/C23H33N5O/c1-3-24-23(27-17-21-11-12-22(29-2)25-16-21)26-15-19-7-9-20(10-8-19)18-28-13-5-4-6-14-28/h7-12,16H,3-6,13-15,17-18H2,1-2H3,(H2,24,26,27). The first-order valence-electron chi connectivity index (χ1n) is 10.6. The number of methoxy groups -OCH3 is 1. The third-order valence-corrected chi connectivity index (χ3v) is 5.11. The molecule has 0 atom stereocenters. The minimum Gasteiger partial charge on any atom is -0.481 e. The van der Waals surface area contributed by atoms with Gasteiger partial charge in [0.15, 0.2) is 5.96 Å². The molecule has 0 aliphatic carbocycles. The smallest absolute Gasteiger partial charge is 0.212 e. The number of aromatic nitrogens is 1. The molecule has 29 heavy (non-hydrogen) atoms. The highest BCUT2D eigenvalue weighted by Gasteiger charge is 2.10. The molecule has 0 spiro atoms. The van der Waals surface area contributed by atoms with Crippen LogP contribution in [0.25, 0.3) is 0 Å². The van der Waals surface area contributed by atoms with E-state index in [1.807, 2.05) is 12.1 Å². The number of guanidine groups is 1. The van der Waals surface area contributed by atoms with E-state index in [4.69, 9.17) is 4.74 Å². The number of hydrogen-bond donors (Lipinski definition) is 2. The van der Waals surface area contributed by atoms with Crippen LogP contribution >= 0.6 is 0 Å². The molecule has 1 saturated heterocycles. The average molecular weight is 396 g/mol. The minimum absolute atomic E-state index is 0.571. The predicted octanol–water partition coefficient (Wildman–Crippen LogP) is 3.33. The molecule has 3 rings (SSSR count). The van der Waals surface area contributed by atoms with Crippen molar-refractivity contribution in [3.63, 3.8) is 0 Å². The second-order valence-electron chi connectivity index (χ2n) is 7.41. The molecule has 0 saturated carbocycles. The van der Waals surface area contributed by atoms with Crippen LogP contribution in [0.15, 0.2) is 47.6 Å². The van der Waals surface area contributed by atoms with E-state index >= 15 is 0 Å². The van der Waals surface area contributed by atoms with Crippen LogP contribution in [0.1, 0.15) is 42.9 Å². The molecule has 0 bridgehead atoms. The van der Waals surface area contributed by atoms with Gasteiger partial charge in [-0.15, -0.1) is 0 Å². The number of nitrogens with one attached hydrogen (secondary N) is 2. The lowest BCUT2D eigenvalue weighted by Gasteiger charge is -2.26. The van der Waals surface area contributed by atoms with Gasteiger partial charge in [0.2, 0.25) is 5.88 Å². The molecule has 2 heterocycles. The van der Waals surface area contributed by atoms with E-state index in [0.717, 1.165) is 31.2 Å². The lowest BCUT2D eigenvalue weighted by atomic mass is 10.1. The van der Waals surface area contributed by atoms with Gasteiger partial charge < -0.3 is 15.4 Å². The molecule has 156 valence electrons. The molecule has 1 aliphatic rings. The summed E-state index contributed by atoms with van der Waals surface area (Å²) in [4.78, 5) is 11.4. The molecule has 2 aromatic rings. The predicted molar refractivity (Wildman–Crippen MR) is 118 cm³/mol. The lowest BCUT2D eigenvalue weighted by molar-refractivity contribution is 0.221. The van der Waals surface area contributed by atoms with E-state index in [1.165, 1.54) is 43.5 Å². The molecule has 0 unspecified atom stereocenters. The Kier molecular flexibility index (Phi) is 8.31. The molecule has 6 heteroatoms. The number of piperidine rings is 1. The maximum absolute atomic E-state index is 5.10. The molecule has 2 N–H and O–H groups in total. The van der Waals surface area contributed by atoms with Gasteiger partial charge in [-0.3, -0.25) is 4.90 Å². The van der Waals surface area contributed by atoms with Gasteiger partial charge in [0.05, 0.1) is 13.7 Å². The first-order chi connectivity index (χ1) is 14.3. The first kappa shape index (κ1) is 21.1. The molecule has 0 amide bonds. The summed E-state index contributed by atoms with van der Waals surface area (Å²) in [5.41, 5.74) is 3.69. The number of benzene rings is 1. The SMILES string of the molecule is CCNC(=NCc1ccc(OC)nc1)NCc1ccc(CN2CCCCC2)cc1. The van der Waals surface area contributed by atoms with Crippen molar-refractivity contribution in [1.29, 1.82) is 0 Å². The zero-order valence-corrected chi connectivity index (χ0v) is 17.7. The van der Waals surface area contributed by atoms with Crippen molar-refractivity contribution in [1.82, 2.24) is 20.5 Å². The Morgan fingerprint density at radius 1 is 1.00 bits per heavy atom. The van der Waals surface area contributed by atoms with E-state index in [0.29, 0.717) is 12.4 Å². The van der Waals surface area contributed by atoms with E-state index < -0.39 is 0 Å². The number of likely N-dealkylation sites (tertiary alicyclic amines) is 1. The summed E-state index contributed by atoms with van der Waals surface area (Å²) in [5, 5.41) is 6.71. The summed E-state index contributed by atoms with van der Waals surface area (Å²) in [6, 6.07) is 12.8. The van der Waals surface area contributed by atoms with Gasteiger partial charge in [-0.2, -0.15) is 0 Å². The van der Waals surface area contributed by atoms with Gasteiger partial charge in [0.1, 0.15) is 0 Å². The van der Waals surface area contributed by atoms with E-state index in [9.17, 15) is 0 Å². The summed E-state index contributed by atoms with van der Waals surface area (Å²) in [5.74, 6) is 1.42. The van der Waals surface area contributed by atoms with Crippen LogP contribution in [-0.2, 0) is 19.6 Å².